The molecular formula is C20H28N4S. The Morgan fingerprint density at radius 3 is 2.96 bits per heavy atom. The topological polar surface area (TPSA) is 53.6 Å². The molecule has 1 aliphatic rings. The molecule has 3 N–H and O–H groups in total. The van der Waals surface area contributed by atoms with Crippen LogP contribution in [-0.2, 0) is 13.0 Å². The Hall–Kier alpha value is -1.85. The third-order valence-electron chi connectivity index (χ3n) is 4.81. The van der Waals surface area contributed by atoms with Gasteiger partial charge in [-0.1, -0.05) is 26.0 Å². The maximum Gasteiger partial charge on any atom is 0.193 e. The molecule has 1 aromatic heterocycles. The molecule has 1 aromatic carbocycles. The summed E-state index contributed by atoms with van der Waals surface area (Å²) in [5, 5.41) is 5.42. The first-order valence-electron chi connectivity index (χ1n) is 8.99. The number of benzene rings is 1. The Bertz CT molecular complexity index is 735. The molecule has 2 aromatic rings. The predicted molar refractivity (Wildman–Crippen MR) is 109 cm³/mol. The van der Waals surface area contributed by atoms with Gasteiger partial charge in [-0.25, -0.2) is 0 Å². The molecule has 25 heavy (non-hydrogen) atoms. The van der Waals surface area contributed by atoms with Crippen LogP contribution in [0.3, 0.4) is 0 Å². The van der Waals surface area contributed by atoms with Crippen molar-refractivity contribution in [3.05, 3.63) is 51.7 Å². The molecule has 0 fully saturated rings. The van der Waals surface area contributed by atoms with Crippen LogP contribution in [0.15, 0.2) is 40.7 Å². The van der Waals surface area contributed by atoms with Crippen molar-refractivity contribution in [3.8, 4) is 0 Å². The smallest absolute Gasteiger partial charge is 0.193 e. The summed E-state index contributed by atoms with van der Waals surface area (Å²) in [6.07, 6.45) is 1.15. The molecule has 0 saturated carbocycles. The molecule has 0 radical (unpaired) electrons. The van der Waals surface area contributed by atoms with E-state index in [1.165, 1.54) is 16.0 Å². The zero-order valence-corrected chi connectivity index (χ0v) is 16.1. The van der Waals surface area contributed by atoms with E-state index in [1.807, 2.05) is 17.4 Å². The summed E-state index contributed by atoms with van der Waals surface area (Å²) in [7, 11) is 0. The monoisotopic (exact) mass is 356 g/mol. The van der Waals surface area contributed by atoms with Gasteiger partial charge in [-0.2, -0.15) is 0 Å². The second-order valence-electron chi connectivity index (χ2n) is 7.07. The van der Waals surface area contributed by atoms with Gasteiger partial charge in [0.1, 0.15) is 0 Å². The molecule has 0 bridgehead atoms. The molecule has 0 amide bonds. The Morgan fingerprint density at radius 1 is 1.32 bits per heavy atom. The van der Waals surface area contributed by atoms with E-state index in [0.29, 0.717) is 24.5 Å². The standard InChI is InChI=1S/C20H28N4S/c1-14(2)16-5-4-6-18(11-16)23-20(21)22-12-15(3)24-9-7-19-17(13-24)8-10-25-19/h4-6,8,10-11,14-15H,7,9,12-13H2,1-3H3,(H3,21,22,23). The summed E-state index contributed by atoms with van der Waals surface area (Å²) in [5.41, 5.74) is 9.87. The fraction of sp³-hybridized carbons (Fsp3) is 0.450. The summed E-state index contributed by atoms with van der Waals surface area (Å²) in [5.74, 6) is 0.988. The molecular weight excluding hydrogens is 328 g/mol. The highest BCUT2D eigenvalue weighted by Crippen LogP contribution is 2.25. The predicted octanol–water partition coefficient (Wildman–Crippen LogP) is 4.04. The Kier molecular flexibility index (Phi) is 5.76. The summed E-state index contributed by atoms with van der Waals surface area (Å²) in [4.78, 5) is 8.59. The van der Waals surface area contributed by atoms with Gasteiger partial charge in [-0.05, 0) is 54.0 Å². The normalized spacial score (nSPS) is 16.7. The number of fused-ring (bicyclic) bond motifs is 1. The Balaban J connectivity index is 1.55. The molecule has 4 nitrogen and oxygen atoms in total. The van der Waals surface area contributed by atoms with E-state index >= 15 is 0 Å². The van der Waals surface area contributed by atoms with Crippen molar-refractivity contribution in [2.45, 2.75) is 45.7 Å². The lowest BCUT2D eigenvalue weighted by molar-refractivity contribution is 0.197. The number of hydrogen-bond acceptors (Lipinski definition) is 3. The van der Waals surface area contributed by atoms with E-state index in [2.05, 4.69) is 65.6 Å². The SMILES string of the molecule is CC(C)c1cccc(NC(N)=NCC(C)N2CCc3sccc3C2)c1. The molecule has 0 saturated heterocycles. The lowest BCUT2D eigenvalue weighted by Crippen LogP contribution is -2.39. The first-order valence-corrected chi connectivity index (χ1v) is 9.87. The Labute approximate surface area is 154 Å². The van der Waals surface area contributed by atoms with Crippen molar-refractivity contribution < 1.29 is 0 Å². The Morgan fingerprint density at radius 2 is 2.16 bits per heavy atom. The fourth-order valence-electron chi connectivity index (χ4n) is 3.16. The van der Waals surface area contributed by atoms with Crippen LogP contribution in [0.5, 0.6) is 0 Å². The average Bonchev–Trinajstić information content (AvgIpc) is 3.07. The highest BCUT2D eigenvalue weighted by molar-refractivity contribution is 7.10. The van der Waals surface area contributed by atoms with Crippen LogP contribution in [0.4, 0.5) is 5.69 Å². The highest BCUT2D eigenvalue weighted by atomic mass is 32.1. The molecule has 0 aliphatic carbocycles. The van der Waals surface area contributed by atoms with Gasteiger partial charge in [0, 0.05) is 29.7 Å². The van der Waals surface area contributed by atoms with Crippen molar-refractivity contribution in [1.82, 2.24) is 4.90 Å². The van der Waals surface area contributed by atoms with Crippen molar-refractivity contribution in [1.29, 1.82) is 0 Å². The van der Waals surface area contributed by atoms with E-state index in [4.69, 9.17) is 5.73 Å². The van der Waals surface area contributed by atoms with Crippen molar-refractivity contribution >= 4 is 23.0 Å². The first kappa shape index (κ1) is 18.0. The molecule has 0 spiro atoms. The van der Waals surface area contributed by atoms with Crippen LogP contribution < -0.4 is 11.1 Å². The lowest BCUT2D eigenvalue weighted by Gasteiger charge is -2.31. The second kappa shape index (κ2) is 8.02. The van der Waals surface area contributed by atoms with Crippen LogP contribution in [0.25, 0.3) is 0 Å². The summed E-state index contributed by atoms with van der Waals surface area (Å²) in [6.45, 7) is 9.45. The minimum absolute atomic E-state index is 0.385. The fourth-order valence-corrected chi connectivity index (χ4v) is 4.05. The largest absolute Gasteiger partial charge is 0.370 e. The average molecular weight is 357 g/mol. The number of nitrogens with one attached hydrogen (secondary N) is 1. The summed E-state index contributed by atoms with van der Waals surface area (Å²) < 4.78 is 0. The number of thiophene rings is 1. The molecule has 2 heterocycles. The molecule has 134 valence electrons. The van der Waals surface area contributed by atoms with E-state index in [0.717, 1.165) is 25.2 Å². The lowest BCUT2D eigenvalue weighted by atomic mass is 10.0. The molecule has 1 unspecified atom stereocenters. The zero-order chi connectivity index (χ0) is 17.8. The number of guanidine groups is 1. The van der Waals surface area contributed by atoms with Gasteiger partial charge in [0.2, 0.25) is 0 Å². The van der Waals surface area contributed by atoms with Gasteiger partial charge in [0.25, 0.3) is 0 Å². The van der Waals surface area contributed by atoms with Crippen LogP contribution in [0.1, 0.15) is 42.7 Å². The number of aliphatic imine (C=N–C) groups is 1. The first-order chi connectivity index (χ1) is 12.0. The highest BCUT2D eigenvalue weighted by Gasteiger charge is 2.21. The summed E-state index contributed by atoms with van der Waals surface area (Å²) in [6, 6.07) is 11.0. The number of nitrogens with two attached hydrogens (primary N) is 1. The van der Waals surface area contributed by atoms with Crippen molar-refractivity contribution in [2.75, 3.05) is 18.4 Å². The number of anilines is 1. The van der Waals surface area contributed by atoms with Gasteiger partial charge in [-0.3, -0.25) is 9.89 Å². The van der Waals surface area contributed by atoms with E-state index in [-0.39, 0.29) is 0 Å². The minimum atomic E-state index is 0.385. The van der Waals surface area contributed by atoms with Crippen LogP contribution in [-0.4, -0.2) is 30.0 Å². The third-order valence-corrected chi connectivity index (χ3v) is 5.84. The van der Waals surface area contributed by atoms with Gasteiger partial charge >= 0.3 is 0 Å². The van der Waals surface area contributed by atoms with E-state index in [9.17, 15) is 0 Å². The minimum Gasteiger partial charge on any atom is -0.370 e. The van der Waals surface area contributed by atoms with Crippen LogP contribution >= 0.6 is 11.3 Å². The van der Waals surface area contributed by atoms with Crippen molar-refractivity contribution in [3.63, 3.8) is 0 Å². The number of rotatable bonds is 5. The van der Waals surface area contributed by atoms with Gasteiger partial charge in [-0.15, -0.1) is 11.3 Å². The number of hydrogen-bond donors (Lipinski definition) is 2. The quantitative estimate of drug-likeness (QED) is 0.628. The molecule has 3 rings (SSSR count). The van der Waals surface area contributed by atoms with Crippen molar-refractivity contribution in [2.24, 2.45) is 10.7 Å². The van der Waals surface area contributed by atoms with Gasteiger partial charge in [0.05, 0.1) is 6.54 Å². The molecule has 1 aliphatic heterocycles. The van der Waals surface area contributed by atoms with E-state index in [1.54, 1.807) is 0 Å². The molecule has 1 atom stereocenters. The van der Waals surface area contributed by atoms with Gasteiger partial charge < -0.3 is 11.1 Å². The maximum absolute atomic E-state index is 6.09. The second-order valence-corrected chi connectivity index (χ2v) is 8.07. The summed E-state index contributed by atoms with van der Waals surface area (Å²) >= 11 is 1.88. The van der Waals surface area contributed by atoms with Crippen LogP contribution in [0, 0.1) is 0 Å². The zero-order valence-electron chi connectivity index (χ0n) is 15.3. The number of nitrogens with zero attached hydrogens (tertiary/aromatic N) is 2. The maximum atomic E-state index is 6.09. The van der Waals surface area contributed by atoms with Crippen LogP contribution in [0.2, 0.25) is 0 Å². The van der Waals surface area contributed by atoms with E-state index < -0.39 is 0 Å². The third kappa shape index (κ3) is 4.61. The van der Waals surface area contributed by atoms with Gasteiger partial charge in [0.15, 0.2) is 5.96 Å². The molecule has 5 heteroatoms.